The zero-order chi connectivity index (χ0) is 14.3. The molecule has 3 N–H and O–H groups in total. The van der Waals surface area contributed by atoms with E-state index in [2.05, 4.69) is 5.10 Å². The topological polar surface area (TPSA) is 95.4 Å². The van der Waals surface area contributed by atoms with Gasteiger partial charge < -0.3 is 19.9 Å². The number of hydrogen-bond donors (Lipinski definition) is 2. The van der Waals surface area contributed by atoms with Crippen LogP contribution < -0.4 is 10.5 Å². The Hall–Kier alpha value is -1.60. The molecule has 19 heavy (non-hydrogen) atoms. The molecule has 0 radical (unpaired) electrons. The van der Waals surface area contributed by atoms with Crippen LogP contribution >= 0.6 is 0 Å². The number of nitrogens with one attached hydrogen (secondary N) is 1. The minimum absolute atomic E-state index is 0.0306. The smallest absolute Gasteiger partial charge is 0.223 e. The molecule has 1 aromatic rings. The molecule has 0 aliphatic heterocycles. The normalized spacial score (nSPS) is 10.7. The number of rotatable bonds is 9. The molecule has 0 spiro atoms. The van der Waals surface area contributed by atoms with Gasteiger partial charge in [0.05, 0.1) is 25.5 Å². The molecular weight excluding hydrogens is 248 g/mol. The average molecular weight is 270 g/mol. The summed E-state index contributed by atoms with van der Waals surface area (Å²) in [4.78, 5) is 0. The van der Waals surface area contributed by atoms with E-state index in [4.69, 9.17) is 25.4 Å². The lowest BCUT2D eigenvalue weighted by molar-refractivity contribution is 0.0639. The zero-order valence-electron chi connectivity index (χ0n) is 11.7. The molecule has 0 saturated heterocycles. The van der Waals surface area contributed by atoms with Crippen LogP contribution in [0.2, 0.25) is 0 Å². The number of hydrogen-bond acceptors (Lipinski definition) is 5. The first-order valence-electron chi connectivity index (χ1n) is 6.15. The van der Waals surface area contributed by atoms with Gasteiger partial charge in [-0.25, -0.2) is 4.68 Å². The number of nitrogen functional groups attached to an aromatic ring is 1. The molecule has 0 saturated carbocycles. The van der Waals surface area contributed by atoms with Gasteiger partial charge in [0, 0.05) is 27.2 Å². The Labute approximate surface area is 113 Å². The van der Waals surface area contributed by atoms with Crippen LogP contribution in [0.25, 0.3) is 0 Å². The molecule has 0 aliphatic rings. The van der Waals surface area contributed by atoms with E-state index in [1.165, 1.54) is 0 Å². The van der Waals surface area contributed by atoms with Crippen molar-refractivity contribution in [2.45, 2.75) is 13.3 Å². The van der Waals surface area contributed by atoms with E-state index in [-0.39, 0.29) is 5.84 Å². The minimum atomic E-state index is -0.0306. The van der Waals surface area contributed by atoms with E-state index < -0.39 is 0 Å². The minimum Gasteiger partial charge on any atom is -0.477 e. The predicted octanol–water partition coefficient (Wildman–Crippen LogP) is 0.444. The number of amidine groups is 1. The van der Waals surface area contributed by atoms with Crippen molar-refractivity contribution in [3.8, 4) is 5.88 Å². The van der Waals surface area contributed by atoms with Gasteiger partial charge in [0.1, 0.15) is 11.4 Å². The molecule has 0 fully saturated rings. The highest BCUT2D eigenvalue weighted by molar-refractivity contribution is 5.98. The number of ether oxygens (including phenoxy) is 3. The molecule has 0 aliphatic carbocycles. The van der Waals surface area contributed by atoms with Crippen LogP contribution in [0.3, 0.4) is 0 Å². The highest BCUT2D eigenvalue weighted by Crippen LogP contribution is 2.20. The first-order valence-corrected chi connectivity index (χ1v) is 6.15. The van der Waals surface area contributed by atoms with Crippen molar-refractivity contribution in [3.63, 3.8) is 0 Å². The van der Waals surface area contributed by atoms with Gasteiger partial charge in [-0.1, -0.05) is 0 Å². The summed E-state index contributed by atoms with van der Waals surface area (Å²) in [7, 11) is 3.41. The lowest BCUT2D eigenvalue weighted by Crippen LogP contribution is -2.15. The first-order chi connectivity index (χ1) is 9.07. The van der Waals surface area contributed by atoms with E-state index >= 15 is 0 Å². The van der Waals surface area contributed by atoms with E-state index in [1.54, 1.807) is 25.8 Å². The van der Waals surface area contributed by atoms with Gasteiger partial charge in [-0.05, 0) is 6.92 Å². The maximum atomic E-state index is 7.53. The number of nitrogens with two attached hydrogens (primary N) is 1. The van der Waals surface area contributed by atoms with Gasteiger partial charge in [-0.3, -0.25) is 5.41 Å². The maximum absolute atomic E-state index is 7.53. The van der Waals surface area contributed by atoms with E-state index in [0.717, 1.165) is 6.42 Å². The van der Waals surface area contributed by atoms with Crippen LogP contribution in [0.15, 0.2) is 0 Å². The second-order valence-electron chi connectivity index (χ2n) is 4.11. The quantitative estimate of drug-likeness (QED) is 0.386. The number of methoxy groups -OCH3 is 1. The maximum Gasteiger partial charge on any atom is 0.223 e. The monoisotopic (exact) mass is 270 g/mol. The van der Waals surface area contributed by atoms with Gasteiger partial charge >= 0.3 is 0 Å². The predicted molar refractivity (Wildman–Crippen MR) is 71.8 cm³/mol. The summed E-state index contributed by atoms with van der Waals surface area (Å²) in [5.74, 6) is 0.499. The molecular formula is C12H22N4O3. The summed E-state index contributed by atoms with van der Waals surface area (Å²) in [5.41, 5.74) is 6.78. The first kappa shape index (κ1) is 15.5. The Morgan fingerprint density at radius 1 is 1.32 bits per heavy atom. The molecule has 7 nitrogen and oxygen atoms in total. The van der Waals surface area contributed by atoms with Crippen LogP contribution in [0.1, 0.15) is 17.7 Å². The summed E-state index contributed by atoms with van der Waals surface area (Å²) >= 11 is 0. The van der Waals surface area contributed by atoms with Gasteiger partial charge in [0.2, 0.25) is 5.88 Å². The fourth-order valence-electron chi connectivity index (χ4n) is 1.69. The Morgan fingerprint density at radius 3 is 2.68 bits per heavy atom. The number of aryl methyl sites for hydroxylation is 2. The summed E-state index contributed by atoms with van der Waals surface area (Å²) in [6.07, 6.45) is 0.755. The van der Waals surface area contributed by atoms with Gasteiger partial charge in [0.25, 0.3) is 0 Å². The third-order valence-electron chi connectivity index (χ3n) is 2.54. The second kappa shape index (κ2) is 7.75. The summed E-state index contributed by atoms with van der Waals surface area (Å²) in [6.45, 7) is 4.08. The Kier molecular flexibility index (Phi) is 6.31. The molecule has 0 amide bonds. The van der Waals surface area contributed by atoms with Crippen LogP contribution in [-0.4, -0.2) is 49.2 Å². The summed E-state index contributed by atoms with van der Waals surface area (Å²) in [5, 5.41) is 11.7. The molecule has 0 atom stereocenters. The van der Waals surface area contributed by atoms with Crippen molar-refractivity contribution in [1.82, 2.24) is 9.78 Å². The highest BCUT2D eigenvalue weighted by Gasteiger charge is 2.16. The largest absolute Gasteiger partial charge is 0.477 e. The lowest BCUT2D eigenvalue weighted by Gasteiger charge is -2.08. The molecule has 7 heteroatoms. The molecule has 0 bridgehead atoms. The Balaban J connectivity index is 2.39. The van der Waals surface area contributed by atoms with Crippen LogP contribution in [0, 0.1) is 12.3 Å². The third kappa shape index (κ3) is 4.53. The van der Waals surface area contributed by atoms with E-state index in [9.17, 15) is 0 Å². The second-order valence-corrected chi connectivity index (χ2v) is 4.11. The van der Waals surface area contributed by atoms with Crippen molar-refractivity contribution in [2.75, 3.05) is 33.5 Å². The van der Waals surface area contributed by atoms with Crippen molar-refractivity contribution in [2.24, 2.45) is 12.8 Å². The fraction of sp³-hybridized carbons (Fsp3) is 0.667. The standard InChI is InChI=1S/C12H22N4O3/c1-9-10(11(13)14)12(16(2)15-9)19-6-4-5-18-8-7-17-3/h4-8H2,1-3H3,(H3,13,14). The fourth-order valence-corrected chi connectivity index (χ4v) is 1.69. The molecule has 108 valence electrons. The average Bonchev–Trinajstić information content (AvgIpc) is 2.63. The lowest BCUT2D eigenvalue weighted by atomic mass is 10.2. The Morgan fingerprint density at radius 2 is 2.05 bits per heavy atom. The SMILES string of the molecule is COCCOCCCOc1c(C(=N)N)c(C)nn1C. The highest BCUT2D eigenvalue weighted by atomic mass is 16.5. The van der Waals surface area contributed by atoms with Crippen LogP contribution in [0.4, 0.5) is 0 Å². The third-order valence-corrected chi connectivity index (χ3v) is 2.54. The van der Waals surface area contributed by atoms with E-state index in [0.29, 0.717) is 43.6 Å². The Bertz CT molecular complexity index is 417. The summed E-state index contributed by atoms with van der Waals surface area (Å²) in [6, 6.07) is 0. The molecule has 0 aromatic carbocycles. The number of nitrogens with zero attached hydrogens (tertiary/aromatic N) is 2. The molecule has 1 aromatic heterocycles. The van der Waals surface area contributed by atoms with Gasteiger partial charge in [-0.15, -0.1) is 0 Å². The van der Waals surface area contributed by atoms with Crippen LogP contribution in [0.5, 0.6) is 5.88 Å². The van der Waals surface area contributed by atoms with Crippen molar-refractivity contribution in [1.29, 1.82) is 5.41 Å². The molecule has 0 unspecified atom stereocenters. The van der Waals surface area contributed by atoms with Crippen LogP contribution in [-0.2, 0) is 16.5 Å². The molecule has 1 heterocycles. The van der Waals surface area contributed by atoms with Crippen molar-refractivity contribution in [3.05, 3.63) is 11.3 Å². The van der Waals surface area contributed by atoms with Crippen molar-refractivity contribution < 1.29 is 14.2 Å². The van der Waals surface area contributed by atoms with E-state index in [1.807, 2.05) is 0 Å². The van der Waals surface area contributed by atoms with Gasteiger partial charge in [-0.2, -0.15) is 5.10 Å². The van der Waals surface area contributed by atoms with Gasteiger partial charge in [0.15, 0.2) is 0 Å². The summed E-state index contributed by atoms with van der Waals surface area (Å²) < 4.78 is 17.4. The zero-order valence-corrected chi connectivity index (χ0v) is 11.7. The van der Waals surface area contributed by atoms with Crippen molar-refractivity contribution >= 4 is 5.84 Å². The molecule has 1 rings (SSSR count). The number of aromatic nitrogens is 2.